The topological polar surface area (TPSA) is 29.3 Å². The number of benzene rings is 7. The molecule has 0 amide bonds. The maximum Gasteiger partial charge on any atom is 0.202 e. The van der Waals surface area contributed by atoms with Crippen LogP contribution >= 0.6 is 0 Å². The Kier molecular flexibility index (Phi) is 7.29. The zero-order valence-corrected chi connectivity index (χ0v) is 29.8. The Morgan fingerprint density at radius 3 is 2.17 bits per heavy atom. The SMILES string of the molecule is CC1(C)c2ccccc2-c2cc(N(c3ccc(-c4ccc5c(ccc6nc(C7C=CC=CC7)oc65)c4)cc3)c3ccccc3-c3ccccc3)ccc21. The van der Waals surface area contributed by atoms with Gasteiger partial charge in [0.2, 0.25) is 5.89 Å². The van der Waals surface area contributed by atoms with Gasteiger partial charge in [0.15, 0.2) is 5.58 Å². The van der Waals surface area contributed by atoms with Crippen molar-refractivity contribution in [2.24, 2.45) is 0 Å². The van der Waals surface area contributed by atoms with Crippen LogP contribution in [0.25, 0.3) is 55.3 Å². The van der Waals surface area contributed by atoms with E-state index in [4.69, 9.17) is 9.40 Å². The van der Waals surface area contributed by atoms with Gasteiger partial charge in [-0.05, 0) is 99.3 Å². The van der Waals surface area contributed by atoms with E-state index >= 15 is 0 Å². The van der Waals surface area contributed by atoms with Gasteiger partial charge >= 0.3 is 0 Å². The number of para-hydroxylation sites is 1. The van der Waals surface area contributed by atoms with Crippen LogP contribution in [0.2, 0.25) is 0 Å². The number of aromatic nitrogens is 1. The molecule has 1 heterocycles. The van der Waals surface area contributed by atoms with Crippen LogP contribution in [0.15, 0.2) is 180 Å². The van der Waals surface area contributed by atoms with Gasteiger partial charge in [-0.25, -0.2) is 4.98 Å². The molecule has 2 aliphatic carbocycles. The number of rotatable bonds is 6. The second kappa shape index (κ2) is 12.4. The standard InChI is InChI=1S/C50H38N2O/c1-50(2)44-19-11-9-18-42(44)43-32-39(27-29-45(43)50)52(47-20-12-10-17-40(47)34-13-5-3-6-14-34)38-25-21-33(22-26-38)36-23-28-41-37(31-36)24-30-46-48(41)53-49(51-46)35-15-7-4-8-16-35/h3-15,17-32,35H,16H2,1-2H3. The van der Waals surface area contributed by atoms with Crippen molar-refractivity contribution in [1.82, 2.24) is 4.98 Å². The van der Waals surface area contributed by atoms with E-state index in [1.54, 1.807) is 0 Å². The summed E-state index contributed by atoms with van der Waals surface area (Å²) < 4.78 is 6.39. The smallest absolute Gasteiger partial charge is 0.202 e. The highest BCUT2D eigenvalue weighted by atomic mass is 16.3. The van der Waals surface area contributed by atoms with Crippen LogP contribution in [-0.2, 0) is 5.41 Å². The van der Waals surface area contributed by atoms with Crippen LogP contribution in [-0.4, -0.2) is 4.98 Å². The first-order valence-electron chi connectivity index (χ1n) is 18.5. The van der Waals surface area contributed by atoms with E-state index in [-0.39, 0.29) is 11.3 Å². The van der Waals surface area contributed by atoms with Crippen LogP contribution < -0.4 is 4.90 Å². The lowest BCUT2D eigenvalue weighted by Gasteiger charge is -2.29. The van der Waals surface area contributed by atoms with Crippen molar-refractivity contribution in [1.29, 1.82) is 0 Å². The predicted molar refractivity (Wildman–Crippen MR) is 220 cm³/mol. The van der Waals surface area contributed by atoms with Gasteiger partial charge in [-0.1, -0.05) is 141 Å². The molecule has 2 aliphatic rings. The van der Waals surface area contributed by atoms with Crippen molar-refractivity contribution < 1.29 is 4.42 Å². The zero-order valence-electron chi connectivity index (χ0n) is 29.8. The first-order valence-corrected chi connectivity index (χ1v) is 18.5. The Hall–Kier alpha value is -6.45. The summed E-state index contributed by atoms with van der Waals surface area (Å²) in [7, 11) is 0. The van der Waals surface area contributed by atoms with Crippen molar-refractivity contribution in [3.8, 4) is 33.4 Å². The molecule has 0 N–H and O–H groups in total. The first kappa shape index (κ1) is 31.3. The van der Waals surface area contributed by atoms with Gasteiger partial charge in [0, 0.05) is 27.7 Å². The van der Waals surface area contributed by atoms with E-state index < -0.39 is 0 Å². The number of hydrogen-bond donors (Lipinski definition) is 0. The predicted octanol–water partition coefficient (Wildman–Crippen LogP) is 13.7. The van der Waals surface area contributed by atoms with Crippen molar-refractivity contribution in [2.45, 2.75) is 31.6 Å². The van der Waals surface area contributed by atoms with Gasteiger partial charge in [0.1, 0.15) is 5.52 Å². The van der Waals surface area contributed by atoms with Crippen LogP contribution in [0, 0.1) is 0 Å². The summed E-state index contributed by atoms with van der Waals surface area (Å²) in [5.41, 5.74) is 15.2. The maximum atomic E-state index is 6.39. The fourth-order valence-electron chi connectivity index (χ4n) is 8.44. The summed E-state index contributed by atoms with van der Waals surface area (Å²) in [5.74, 6) is 0.960. The molecule has 254 valence electrons. The average molecular weight is 683 g/mol. The second-order valence-electron chi connectivity index (χ2n) is 14.7. The highest BCUT2D eigenvalue weighted by molar-refractivity contribution is 6.04. The van der Waals surface area contributed by atoms with Gasteiger partial charge < -0.3 is 9.32 Å². The van der Waals surface area contributed by atoms with Gasteiger partial charge in [-0.15, -0.1) is 0 Å². The quantitative estimate of drug-likeness (QED) is 0.175. The molecule has 0 fully saturated rings. The van der Waals surface area contributed by atoms with Crippen molar-refractivity contribution in [2.75, 3.05) is 4.90 Å². The van der Waals surface area contributed by atoms with Gasteiger partial charge in [0.25, 0.3) is 0 Å². The third-order valence-corrected chi connectivity index (χ3v) is 11.2. The molecule has 7 aromatic carbocycles. The Labute approximate surface area is 310 Å². The average Bonchev–Trinajstić information content (AvgIpc) is 3.76. The molecule has 53 heavy (non-hydrogen) atoms. The number of fused-ring (bicyclic) bond motifs is 6. The molecule has 1 aromatic heterocycles. The minimum absolute atomic E-state index is 0.0510. The van der Waals surface area contributed by atoms with Crippen LogP contribution in [0.3, 0.4) is 0 Å². The fraction of sp³-hybridized carbons (Fsp3) is 0.100. The summed E-state index contributed by atoms with van der Waals surface area (Å²) in [6.07, 6.45) is 9.40. The normalized spacial score (nSPS) is 15.5. The highest BCUT2D eigenvalue weighted by Gasteiger charge is 2.35. The number of hydrogen-bond acceptors (Lipinski definition) is 3. The van der Waals surface area contributed by atoms with E-state index in [1.165, 1.54) is 33.4 Å². The van der Waals surface area contributed by atoms with Crippen molar-refractivity contribution in [3.05, 3.63) is 193 Å². The third kappa shape index (κ3) is 5.23. The summed E-state index contributed by atoms with van der Waals surface area (Å²) in [4.78, 5) is 7.26. The molecular formula is C50H38N2O. The molecule has 0 saturated carbocycles. The van der Waals surface area contributed by atoms with E-state index in [0.29, 0.717) is 0 Å². The maximum absolute atomic E-state index is 6.39. The Morgan fingerprint density at radius 1 is 0.604 bits per heavy atom. The summed E-state index contributed by atoms with van der Waals surface area (Å²) in [5, 5.41) is 2.22. The number of nitrogens with zero attached hydrogens (tertiary/aromatic N) is 2. The lowest BCUT2D eigenvalue weighted by molar-refractivity contribution is 0.507. The first-order chi connectivity index (χ1) is 26.0. The number of anilines is 3. The van der Waals surface area contributed by atoms with Crippen LogP contribution in [0.5, 0.6) is 0 Å². The van der Waals surface area contributed by atoms with E-state index in [9.17, 15) is 0 Å². The highest BCUT2D eigenvalue weighted by Crippen LogP contribution is 2.51. The molecule has 0 aliphatic heterocycles. The van der Waals surface area contributed by atoms with E-state index in [2.05, 4.69) is 195 Å². The Morgan fingerprint density at radius 2 is 1.34 bits per heavy atom. The summed E-state index contributed by atoms with van der Waals surface area (Å²) in [6.45, 7) is 4.67. The Bertz CT molecular complexity index is 2730. The third-order valence-electron chi connectivity index (χ3n) is 11.2. The second-order valence-corrected chi connectivity index (χ2v) is 14.7. The van der Waals surface area contributed by atoms with E-state index in [0.717, 1.165) is 62.4 Å². The minimum Gasteiger partial charge on any atom is -0.439 e. The molecule has 0 spiro atoms. The lowest BCUT2D eigenvalue weighted by Crippen LogP contribution is -2.15. The van der Waals surface area contributed by atoms with Crippen molar-refractivity contribution in [3.63, 3.8) is 0 Å². The number of oxazole rings is 1. The Balaban J connectivity index is 1.06. The molecule has 3 heteroatoms. The molecule has 1 unspecified atom stereocenters. The summed E-state index contributed by atoms with van der Waals surface area (Å²) in [6, 6.07) is 55.2. The van der Waals surface area contributed by atoms with Crippen LogP contribution in [0.1, 0.15) is 43.2 Å². The van der Waals surface area contributed by atoms with Gasteiger partial charge in [-0.3, -0.25) is 0 Å². The largest absolute Gasteiger partial charge is 0.439 e. The molecule has 0 radical (unpaired) electrons. The molecule has 1 atom stereocenters. The molecule has 0 bridgehead atoms. The summed E-state index contributed by atoms with van der Waals surface area (Å²) >= 11 is 0. The van der Waals surface area contributed by atoms with Crippen molar-refractivity contribution >= 4 is 38.9 Å². The lowest BCUT2D eigenvalue weighted by atomic mass is 9.82. The molecule has 8 aromatic rings. The molecule has 10 rings (SSSR count). The monoisotopic (exact) mass is 682 g/mol. The fourth-order valence-corrected chi connectivity index (χ4v) is 8.44. The van der Waals surface area contributed by atoms with Gasteiger partial charge in [0.05, 0.1) is 11.6 Å². The zero-order chi connectivity index (χ0) is 35.5. The molecule has 0 saturated heterocycles. The number of allylic oxidation sites excluding steroid dienone is 4. The molecule has 3 nitrogen and oxygen atoms in total. The van der Waals surface area contributed by atoms with E-state index in [1.807, 2.05) is 0 Å². The van der Waals surface area contributed by atoms with Gasteiger partial charge in [-0.2, -0.15) is 0 Å². The van der Waals surface area contributed by atoms with Crippen LogP contribution in [0.4, 0.5) is 17.1 Å². The molecular weight excluding hydrogens is 645 g/mol. The minimum atomic E-state index is -0.0510.